The highest BCUT2D eigenvalue weighted by molar-refractivity contribution is 5.13. The summed E-state index contributed by atoms with van der Waals surface area (Å²) in [6.45, 7) is 6.79. The third kappa shape index (κ3) is 1.42. The van der Waals surface area contributed by atoms with Crippen LogP contribution in [0.25, 0.3) is 0 Å². The molecule has 0 radical (unpaired) electrons. The van der Waals surface area contributed by atoms with E-state index in [0.717, 1.165) is 12.8 Å². The molecular weight excluding hydrogens is 138 g/mol. The van der Waals surface area contributed by atoms with Crippen molar-refractivity contribution in [1.82, 2.24) is 0 Å². The number of hydrogen-bond acceptors (Lipinski definition) is 2. The molecule has 0 heterocycles. The zero-order chi connectivity index (χ0) is 8.70. The van der Waals surface area contributed by atoms with Gasteiger partial charge >= 0.3 is 0 Å². The van der Waals surface area contributed by atoms with Crippen molar-refractivity contribution in [3.8, 4) is 0 Å². The standard InChI is InChI=1S/C9H19NO/c1-8(2,3)9(10)6-7(9)4-5-11/h7,11H,4-6,10H2,1-3H3. The molecule has 3 N–H and O–H groups in total. The van der Waals surface area contributed by atoms with Crippen molar-refractivity contribution in [2.75, 3.05) is 6.61 Å². The van der Waals surface area contributed by atoms with E-state index >= 15 is 0 Å². The Kier molecular flexibility index (Phi) is 2.01. The van der Waals surface area contributed by atoms with Crippen LogP contribution in [-0.4, -0.2) is 17.3 Å². The summed E-state index contributed by atoms with van der Waals surface area (Å²) in [5.74, 6) is 0.549. The number of nitrogens with two attached hydrogens (primary N) is 1. The van der Waals surface area contributed by atoms with Crippen LogP contribution in [0.5, 0.6) is 0 Å². The fraction of sp³-hybridized carbons (Fsp3) is 1.00. The Balaban J connectivity index is 2.49. The first-order chi connectivity index (χ1) is 4.92. The van der Waals surface area contributed by atoms with Crippen LogP contribution in [0.3, 0.4) is 0 Å². The van der Waals surface area contributed by atoms with E-state index in [0.29, 0.717) is 5.92 Å². The predicted octanol–water partition coefficient (Wildman–Crippen LogP) is 1.13. The van der Waals surface area contributed by atoms with Crippen LogP contribution >= 0.6 is 0 Å². The molecule has 0 amide bonds. The largest absolute Gasteiger partial charge is 0.396 e. The van der Waals surface area contributed by atoms with E-state index < -0.39 is 0 Å². The molecule has 0 aromatic rings. The summed E-state index contributed by atoms with van der Waals surface area (Å²) in [6, 6.07) is 0. The molecule has 66 valence electrons. The van der Waals surface area contributed by atoms with Crippen LogP contribution in [0.2, 0.25) is 0 Å². The monoisotopic (exact) mass is 157 g/mol. The second-order valence-corrected chi connectivity index (χ2v) is 4.70. The highest BCUT2D eigenvalue weighted by Gasteiger charge is 2.57. The second-order valence-electron chi connectivity index (χ2n) is 4.70. The van der Waals surface area contributed by atoms with E-state index in [2.05, 4.69) is 20.8 Å². The lowest BCUT2D eigenvalue weighted by Crippen LogP contribution is -2.39. The minimum absolute atomic E-state index is 0.00424. The summed E-state index contributed by atoms with van der Waals surface area (Å²) in [5.41, 5.74) is 6.33. The summed E-state index contributed by atoms with van der Waals surface area (Å²) in [4.78, 5) is 0. The van der Waals surface area contributed by atoms with Gasteiger partial charge in [0.1, 0.15) is 0 Å². The van der Waals surface area contributed by atoms with Crippen LogP contribution in [0.1, 0.15) is 33.6 Å². The molecule has 0 spiro atoms. The Hall–Kier alpha value is -0.0800. The predicted molar refractivity (Wildman–Crippen MR) is 46.2 cm³/mol. The minimum Gasteiger partial charge on any atom is -0.396 e. The molecule has 1 fully saturated rings. The van der Waals surface area contributed by atoms with Crippen molar-refractivity contribution < 1.29 is 5.11 Å². The molecule has 0 aromatic heterocycles. The van der Waals surface area contributed by atoms with Gasteiger partial charge in [0.05, 0.1) is 0 Å². The third-order valence-electron chi connectivity index (χ3n) is 3.03. The molecule has 2 nitrogen and oxygen atoms in total. The molecule has 2 atom stereocenters. The molecule has 1 aliphatic rings. The molecule has 0 saturated heterocycles. The number of hydrogen-bond donors (Lipinski definition) is 2. The van der Waals surface area contributed by atoms with Crippen LogP contribution in [0.15, 0.2) is 0 Å². The van der Waals surface area contributed by atoms with E-state index in [1.807, 2.05) is 0 Å². The molecule has 1 aliphatic carbocycles. The second kappa shape index (κ2) is 2.46. The van der Waals surface area contributed by atoms with Crippen LogP contribution in [0.4, 0.5) is 0 Å². The molecule has 2 heteroatoms. The average molecular weight is 157 g/mol. The normalized spacial score (nSPS) is 37.4. The average Bonchev–Trinajstić information content (AvgIpc) is 2.43. The minimum atomic E-state index is -0.00424. The summed E-state index contributed by atoms with van der Waals surface area (Å²) in [7, 11) is 0. The summed E-state index contributed by atoms with van der Waals surface area (Å²) < 4.78 is 0. The fourth-order valence-electron chi connectivity index (χ4n) is 1.78. The van der Waals surface area contributed by atoms with E-state index in [1.165, 1.54) is 0 Å². The Morgan fingerprint density at radius 1 is 1.55 bits per heavy atom. The van der Waals surface area contributed by atoms with E-state index in [9.17, 15) is 0 Å². The Bertz CT molecular complexity index is 150. The van der Waals surface area contributed by atoms with Crippen LogP contribution in [-0.2, 0) is 0 Å². The number of aliphatic hydroxyl groups excluding tert-OH is 1. The maximum atomic E-state index is 8.72. The number of rotatable bonds is 2. The lowest BCUT2D eigenvalue weighted by Gasteiger charge is -2.28. The van der Waals surface area contributed by atoms with Crippen molar-refractivity contribution in [3.05, 3.63) is 0 Å². The lowest BCUT2D eigenvalue weighted by atomic mass is 9.83. The van der Waals surface area contributed by atoms with Gasteiger partial charge in [-0.3, -0.25) is 0 Å². The van der Waals surface area contributed by atoms with Crippen LogP contribution in [0, 0.1) is 11.3 Å². The number of aliphatic hydroxyl groups is 1. The molecule has 0 aliphatic heterocycles. The molecule has 1 saturated carbocycles. The summed E-state index contributed by atoms with van der Waals surface area (Å²) in [5, 5.41) is 8.72. The zero-order valence-electron chi connectivity index (χ0n) is 7.72. The Morgan fingerprint density at radius 2 is 2.09 bits per heavy atom. The summed E-state index contributed by atoms with van der Waals surface area (Å²) >= 11 is 0. The highest BCUT2D eigenvalue weighted by atomic mass is 16.3. The van der Waals surface area contributed by atoms with Gasteiger partial charge in [0.25, 0.3) is 0 Å². The van der Waals surface area contributed by atoms with Crippen molar-refractivity contribution in [3.63, 3.8) is 0 Å². The zero-order valence-corrected chi connectivity index (χ0v) is 7.72. The van der Waals surface area contributed by atoms with Crippen molar-refractivity contribution in [2.45, 2.75) is 39.2 Å². The van der Waals surface area contributed by atoms with Gasteiger partial charge in [-0.2, -0.15) is 0 Å². The van der Waals surface area contributed by atoms with Gasteiger partial charge in [0.2, 0.25) is 0 Å². The third-order valence-corrected chi connectivity index (χ3v) is 3.03. The van der Waals surface area contributed by atoms with Gasteiger partial charge < -0.3 is 10.8 Å². The van der Waals surface area contributed by atoms with Crippen molar-refractivity contribution in [1.29, 1.82) is 0 Å². The van der Waals surface area contributed by atoms with Gasteiger partial charge in [0, 0.05) is 12.1 Å². The molecule has 11 heavy (non-hydrogen) atoms. The van der Waals surface area contributed by atoms with Gasteiger partial charge in [-0.05, 0) is 24.2 Å². The first-order valence-electron chi connectivity index (χ1n) is 4.31. The van der Waals surface area contributed by atoms with Crippen molar-refractivity contribution >= 4 is 0 Å². The first kappa shape index (κ1) is 9.01. The van der Waals surface area contributed by atoms with Gasteiger partial charge in [-0.25, -0.2) is 0 Å². The molecular formula is C9H19NO. The maximum Gasteiger partial charge on any atom is 0.0434 e. The highest BCUT2D eigenvalue weighted by Crippen LogP contribution is 2.54. The molecule has 1 rings (SSSR count). The smallest absolute Gasteiger partial charge is 0.0434 e. The SMILES string of the molecule is CC(C)(C)C1(N)CC1CCO. The topological polar surface area (TPSA) is 46.2 Å². The Labute approximate surface area is 68.8 Å². The fourth-order valence-corrected chi connectivity index (χ4v) is 1.78. The van der Waals surface area contributed by atoms with Crippen molar-refractivity contribution in [2.24, 2.45) is 17.1 Å². The van der Waals surface area contributed by atoms with Gasteiger partial charge in [-0.15, -0.1) is 0 Å². The molecule has 0 bridgehead atoms. The van der Waals surface area contributed by atoms with Crippen LogP contribution < -0.4 is 5.73 Å². The summed E-state index contributed by atoms with van der Waals surface area (Å²) in [6.07, 6.45) is 1.95. The first-order valence-corrected chi connectivity index (χ1v) is 4.31. The Morgan fingerprint density at radius 3 is 2.36 bits per heavy atom. The maximum absolute atomic E-state index is 8.72. The molecule has 2 unspecified atom stereocenters. The van der Waals surface area contributed by atoms with E-state index in [-0.39, 0.29) is 17.6 Å². The van der Waals surface area contributed by atoms with Gasteiger partial charge in [0.15, 0.2) is 0 Å². The lowest BCUT2D eigenvalue weighted by molar-refractivity contribution is 0.240. The van der Waals surface area contributed by atoms with E-state index in [4.69, 9.17) is 10.8 Å². The quantitative estimate of drug-likeness (QED) is 0.631. The van der Waals surface area contributed by atoms with E-state index in [1.54, 1.807) is 0 Å². The molecule has 0 aromatic carbocycles. The van der Waals surface area contributed by atoms with Gasteiger partial charge in [-0.1, -0.05) is 20.8 Å².